The van der Waals surface area contributed by atoms with Gasteiger partial charge in [-0.05, 0) is 6.42 Å². The number of hydrazine groups is 1. The normalized spacial score (nSPS) is 11.1. The number of rotatable bonds is 8. The molecule has 0 amide bonds. The summed E-state index contributed by atoms with van der Waals surface area (Å²) in [6.07, 6.45) is 1.57. The van der Waals surface area contributed by atoms with E-state index in [-0.39, 0.29) is 23.9 Å². The molecule has 0 aliphatic rings. The van der Waals surface area contributed by atoms with Crippen molar-refractivity contribution in [1.29, 1.82) is 0 Å². The average Bonchev–Trinajstić information content (AvgIpc) is 2.36. The standard InChI is InChI=1S/C9H16N6O4S/c1-20(18,19)12-4-2-3-11-8-5-7(15(16)17)6-9(13-8)14-10/h5-6,12H,2-4,10H2,1H3,(H2,11,13,14). The van der Waals surface area contributed by atoms with E-state index in [1.807, 2.05) is 0 Å². The van der Waals surface area contributed by atoms with Crippen LogP contribution in [0.5, 0.6) is 0 Å². The third-order valence-corrected chi connectivity index (χ3v) is 2.92. The van der Waals surface area contributed by atoms with Crippen molar-refractivity contribution in [2.24, 2.45) is 5.84 Å². The lowest BCUT2D eigenvalue weighted by atomic mass is 10.3. The minimum atomic E-state index is -3.21. The lowest BCUT2D eigenvalue weighted by Crippen LogP contribution is -2.24. The first-order valence-corrected chi connectivity index (χ1v) is 7.52. The SMILES string of the molecule is CS(=O)(=O)NCCCNc1cc([N+](=O)[O-])cc(NN)n1. The molecule has 5 N–H and O–H groups in total. The zero-order valence-electron chi connectivity index (χ0n) is 10.8. The van der Waals surface area contributed by atoms with E-state index in [0.717, 1.165) is 6.26 Å². The second kappa shape index (κ2) is 6.98. The average molecular weight is 304 g/mol. The van der Waals surface area contributed by atoms with E-state index in [0.29, 0.717) is 13.0 Å². The predicted molar refractivity (Wildman–Crippen MR) is 74.7 cm³/mol. The summed E-state index contributed by atoms with van der Waals surface area (Å²) in [6, 6.07) is 2.47. The van der Waals surface area contributed by atoms with Crippen molar-refractivity contribution in [3.8, 4) is 0 Å². The number of nitrogen functional groups attached to an aromatic ring is 1. The lowest BCUT2D eigenvalue weighted by molar-refractivity contribution is -0.384. The van der Waals surface area contributed by atoms with E-state index in [4.69, 9.17) is 5.84 Å². The summed E-state index contributed by atoms with van der Waals surface area (Å²) in [5.74, 6) is 5.62. The van der Waals surface area contributed by atoms with Gasteiger partial charge in [0.25, 0.3) is 5.69 Å². The maximum atomic E-state index is 10.8. The number of hydrogen-bond acceptors (Lipinski definition) is 8. The molecule has 0 unspecified atom stereocenters. The molecule has 0 radical (unpaired) electrons. The largest absolute Gasteiger partial charge is 0.370 e. The molecule has 0 aliphatic heterocycles. The van der Waals surface area contributed by atoms with Gasteiger partial charge in [-0.15, -0.1) is 0 Å². The third kappa shape index (κ3) is 5.77. The van der Waals surface area contributed by atoms with Crippen LogP contribution in [0.1, 0.15) is 6.42 Å². The van der Waals surface area contributed by atoms with Crippen LogP contribution in [-0.4, -0.2) is 37.7 Å². The lowest BCUT2D eigenvalue weighted by Gasteiger charge is -2.07. The molecular formula is C9H16N6O4S. The number of hydrogen-bond donors (Lipinski definition) is 4. The molecule has 0 bridgehead atoms. The molecule has 0 atom stereocenters. The smallest absolute Gasteiger partial charge is 0.276 e. The minimum absolute atomic E-state index is 0.148. The number of nitrogens with one attached hydrogen (secondary N) is 3. The first-order chi connectivity index (χ1) is 9.31. The number of anilines is 2. The minimum Gasteiger partial charge on any atom is -0.370 e. The van der Waals surface area contributed by atoms with E-state index in [1.54, 1.807) is 0 Å². The zero-order chi connectivity index (χ0) is 15.2. The highest BCUT2D eigenvalue weighted by atomic mass is 32.2. The Morgan fingerprint density at radius 1 is 1.35 bits per heavy atom. The highest BCUT2D eigenvalue weighted by molar-refractivity contribution is 7.88. The van der Waals surface area contributed by atoms with Gasteiger partial charge in [0.15, 0.2) is 0 Å². The van der Waals surface area contributed by atoms with Crippen molar-refractivity contribution in [2.75, 3.05) is 30.1 Å². The number of nitro groups is 1. The van der Waals surface area contributed by atoms with Crippen LogP contribution in [0.4, 0.5) is 17.3 Å². The maximum absolute atomic E-state index is 10.8. The monoisotopic (exact) mass is 304 g/mol. The number of nitrogens with two attached hydrogens (primary N) is 1. The Morgan fingerprint density at radius 3 is 2.55 bits per heavy atom. The van der Waals surface area contributed by atoms with Crippen LogP contribution in [0.25, 0.3) is 0 Å². The van der Waals surface area contributed by atoms with Crippen molar-refractivity contribution < 1.29 is 13.3 Å². The van der Waals surface area contributed by atoms with Crippen molar-refractivity contribution >= 4 is 27.3 Å². The number of pyridine rings is 1. The van der Waals surface area contributed by atoms with Crippen LogP contribution in [0.2, 0.25) is 0 Å². The van der Waals surface area contributed by atoms with Crippen molar-refractivity contribution in [3.63, 3.8) is 0 Å². The molecule has 1 aromatic rings. The molecule has 0 saturated heterocycles. The fraction of sp³-hybridized carbons (Fsp3) is 0.444. The molecule has 1 heterocycles. The van der Waals surface area contributed by atoms with E-state index in [9.17, 15) is 18.5 Å². The van der Waals surface area contributed by atoms with E-state index < -0.39 is 14.9 Å². The zero-order valence-corrected chi connectivity index (χ0v) is 11.6. The molecule has 0 aliphatic carbocycles. The van der Waals surface area contributed by atoms with Crippen molar-refractivity contribution in [3.05, 3.63) is 22.2 Å². The van der Waals surface area contributed by atoms with Crippen molar-refractivity contribution in [2.45, 2.75) is 6.42 Å². The van der Waals surface area contributed by atoms with Crippen LogP contribution in [0.15, 0.2) is 12.1 Å². The molecule has 20 heavy (non-hydrogen) atoms. The summed E-state index contributed by atoms with van der Waals surface area (Å²) >= 11 is 0. The van der Waals surface area contributed by atoms with Crippen LogP contribution in [0.3, 0.4) is 0 Å². The Hall–Kier alpha value is -1.98. The fourth-order valence-electron chi connectivity index (χ4n) is 1.35. The fourth-order valence-corrected chi connectivity index (χ4v) is 1.86. The molecule has 0 spiro atoms. The molecule has 11 heteroatoms. The number of sulfonamides is 1. The summed E-state index contributed by atoms with van der Waals surface area (Å²) in [4.78, 5) is 14.1. The summed E-state index contributed by atoms with van der Waals surface area (Å²) in [5.41, 5.74) is 2.09. The van der Waals surface area contributed by atoms with Crippen LogP contribution in [0, 0.1) is 10.1 Å². The summed E-state index contributed by atoms with van der Waals surface area (Å²) in [5, 5.41) is 13.6. The first-order valence-electron chi connectivity index (χ1n) is 5.63. The Morgan fingerprint density at radius 2 is 2.00 bits per heavy atom. The maximum Gasteiger partial charge on any atom is 0.276 e. The number of aromatic nitrogens is 1. The Labute approximate surface area is 115 Å². The van der Waals surface area contributed by atoms with Gasteiger partial charge in [-0.3, -0.25) is 10.1 Å². The molecule has 112 valence electrons. The molecule has 1 rings (SSSR count). The van der Waals surface area contributed by atoms with Crippen LogP contribution in [-0.2, 0) is 10.0 Å². The molecule has 10 nitrogen and oxygen atoms in total. The van der Waals surface area contributed by atoms with Gasteiger partial charge in [0.1, 0.15) is 11.6 Å². The predicted octanol–water partition coefficient (Wildman–Crippen LogP) is -0.373. The summed E-state index contributed by atoms with van der Waals surface area (Å²) < 4.78 is 24.0. The van der Waals surface area contributed by atoms with Crippen molar-refractivity contribution in [1.82, 2.24) is 9.71 Å². The van der Waals surface area contributed by atoms with Gasteiger partial charge in [0.05, 0.1) is 23.3 Å². The van der Waals surface area contributed by atoms with Crippen LogP contribution >= 0.6 is 0 Å². The topological polar surface area (TPSA) is 152 Å². The van der Waals surface area contributed by atoms with E-state index in [1.165, 1.54) is 12.1 Å². The summed E-state index contributed by atoms with van der Waals surface area (Å²) in [6.45, 7) is 0.670. The van der Waals surface area contributed by atoms with Gasteiger partial charge in [-0.1, -0.05) is 0 Å². The number of nitrogens with zero attached hydrogens (tertiary/aromatic N) is 2. The Kier molecular flexibility index (Phi) is 5.61. The van der Waals surface area contributed by atoms with E-state index >= 15 is 0 Å². The van der Waals surface area contributed by atoms with Gasteiger partial charge in [-0.25, -0.2) is 24.0 Å². The highest BCUT2D eigenvalue weighted by Gasteiger charge is 2.10. The third-order valence-electron chi connectivity index (χ3n) is 2.19. The Balaban J connectivity index is 2.55. The molecule has 0 saturated carbocycles. The molecule has 1 aromatic heterocycles. The van der Waals surface area contributed by atoms with Gasteiger partial charge < -0.3 is 10.7 Å². The van der Waals surface area contributed by atoms with Gasteiger partial charge in [0, 0.05) is 13.1 Å². The van der Waals surface area contributed by atoms with Gasteiger partial charge in [-0.2, -0.15) is 0 Å². The second-order valence-electron chi connectivity index (χ2n) is 3.94. The van der Waals surface area contributed by atoms with Crippen LogP contribution < -0.4 is 21.3 Å². The highest BCUT2D eigenvalue weighted by Crippen LogP contribution is 2.19. The second-order valence-corrected chi connectivity index (χ2v) is 5.78. The Bertz CT molecular complexity index is 576. The molecule has 0 fully saturated rings. The molecule has 0 aromatic carbocycles. The quantitative estimate of drug-likeness (QED) is 0.219. The molecular weight excluding hydrogens is 288 g/mol. The first kappa shape index (κ1) is 16.1. The van der Waals surface area contributed by atoms with E-state index in [2.05, 4.69) is 20.4 Å². The van der Waals surface area contributed by atoms with Gasteiger partial charge in [0.2, 0.25) is 10.0 Å². The van der Waals surface area contributed by atoms with Gasteiger partial charge >= 0.3 is 0 Å². The summed E-state index contributed by atoms with van der Waals surface area (Å²) in [7, 11) is -3.21.